The summed E-state index contributed by atoms with van der Waals surface area (Å²) in [6.45, 7) is 0.747. The molecule has 1 aromatic carbocycles. The molecule has 0 aromatic heterocycles. The van der Waals surface area contributed by atoms with Crippen LogP contribution in [0.2, 0.25) is 0 Å². The Morgan fingerprint density at radius 1 is 1.30 bits per heavy atom. The first-order valence-electron chi connectivity index (χ1n) is 6.80. The van der Waals surface area contributed by atoms with Gasteiger partial charge in [-0.15, -0.1) is 0 Å². The molecule has 1 aromatic rings. The summed E-state index contributed by atoms with van der Waals surface area (Å²) in [6, 6.07) is 8.95. The Kier molecular flexibility index (Phi) is 5.12. The normalized spacial score (nSPS) is 15.6. The van der Waals surface area contributed by atoms with Gasteiger partial charge in [-0.05, 0) is 24.3 Å². The summed E-state index contributed by atoms with van der Waals surface area (Å²) in [5, 5.41) is 11.6. The van der Waals surface area contributed by atoms with E-state index in [0.29, 0.717) is 6.61 Å². The average Bonchev–Trinajstić information content (AvgIpc) is 3.26. The number of amides is 1. The Morgan fingerprint density at radius 2 is 2.00 bits per heavy atom. The third-order valence-electron chi connectivity index (χ3n) is 3.26. The Hall–Kier alpha value is -1.88. The quantitative estimate of drug-likeness (QED) is 0.707. The lowest BCUT2D eigenvalue weighted by atomic mass is 10.2. The van der Waals surface area contributed by atoms with Crippen molar-refractivity contribution in [3.63, 3.8) is 0 Å². The second-order valence-corrected chi connectivity index (χ2v) is 5.01. The molecule has 1 aliphatic rings. The molecule has 1 aliphatic carbocycles. The van der Waals surface area contributed by atoms with Gasteiger partial charge in [0.05, 0.1) is 13.2 Å². The Morgan fingerprint density at radius 3 is 2.60 bits per heavy atom. The summed E-state index contributed by atoms with van der Waals surface area (Å²) >= 11 is 0. The number of carbonyl (C=O) groups excluding carboxylic acids is 1. The van der Waals surface area contributed by atoms with Gasteiger partial charge < -0.3 is 15.2 Å². The van der Waals surface area contributed by atoms with Crippen molar-refractivity contribution in [3.05, 3.63) is 35.9 Å². The number of carboxylic acids is 1. The van der Waals surface area contributed by atoms with Gasteiger partial charge in [0.25, 0.3) is 0 Å². The molecule has 5 heteroatoms. The highest BCUT2D eigenvalue weighted by atomic mass is 16.5. The van der Waals surface area contributed by atoms with Crippen LogP contribution in [0.25, 0.3) is 0 Å². The van der Waals surface area contributed by atoms with Gasteiger partial charge >= 0.3 is 5.97 Å². The maximum Gasteiger partial charge on any atom is 0.326 e. The average molecular weight is 277 g/mol. The van der Waals surface area contributed by atoms with Crippen LogP contribution >= 0.6 is 0 Å². The summed E-state index contributed by atoms with van der Waals surface area (Å²) in [6.07, 6.45) is 1.94. The van der Waals surface area contributed by atoms with Crippen LogP contribution in [0.15, 0.2) is 30.3 Å². The summed E-state index contributed by atoms with van der Waals surface area (Å²) in [5.74, 6) is -1.12. The first-order valence-corrected chi connectivity index (χ1v) is 6.80. The van der Waals surface area contributed by atoms with Crippen molar-refractivity contribution in [3.8, 4) is 0 Å². The van der Waals surface area contributed by atoms with Gasteiger partial charge in [-0.3, -0.25) is 4.79 Å². The van der Waals surface area contributed by atoms with Crippen LogP contribution in [0.3, 0.4) is 0 Å². The molecule has 2 N–H and O–H groups in total. The highest BCUT2D eigenvalue weighted by molar-refractivity contribution is 5.84. The standard InChI is InChI=1S/C15H19NO4/c17-13(16-14(15(18)19)12-6-7-12)8-9-20-10-11-4-2-1-3-5-11/h1-5,12,14H,6-10H2,(H,16,17)(H,18,19). The van der Waals surface area contributed by atoms with Crippen LogP contribution in [0.1, 0.15) is 24.8 Å². The first kappa shape index (κ1) is 14.5. The zero-order valence-corrected chi connectivity index (χ0v) is 11.2. The third kappa shape index (κ3) is 4.66. The van der Waals surface area contributed by atoms with Crippen molar-refractivity contribution in [2.24, 2.45) is 5.92 Å². The number of carbonyl (C=O) groups is 2. The number of ether oxygens (including phenoxy) is 1. The van der Waals surface area contributed by atoms with Crippen molar-refractivity contribution in [1.29, 1.82) is 0 Å². The lowest BCUT2D eigenvalue weighted by molar-refractivity contribution is -0.142. The second-order valence-electron chi connectivity index (χ2n) is 5.01. The largest absolute Gasteiger partial charge is 0.480 e. The van der Waals surface area contributed by atoms with E-state index in [1.54, 1.807) is 0 Å². The minimum atomic E-state index is -0.953. The molecule has 1 saturated carbocycles. The Labute approximate surface area is 117 Å². The summed E-state index contributed by atoms with van der Waals surface area (Å²) in [5.41, 5.74) is 1.05. The van der Waals surface area contributed by atoms with Crippen LogP contribution in [0.4, 0.5) is 0 Å². The van der Waals surface area contributed by atoms with Gasteiger partial charge in [-0.25, -0.2) is 4.79 Å². The van der Waals surface area contributed by atoms with Crippen LogP contribution < -0.4 is 5.32 Å². The van der Waals surface area contributed by atoms with Gasteiger partial charge in [0.1, 0.15) is 6.04 Å². The SMILES string of the molecule is O=C(CCOCc1ccccc1)NC(C(=O)O)C1CC1. The second kappa shape index (κ2) is 7.05. The molecule has 5 nitrogen and oxygen atoms in total. The number of aliphatic carboxylic acids is 1. The minimum absolute atomic E-state index is 0.0988. The number of benzene rings is 1. The van der Waals surface area contributed by atoms with Crippen molar-refractivity contribution in [2.75, 3.05) is 6.61 Å². The van der Waals surface area contributed by atoms with E-state index in [4.69, 9.17) is 9.84 Å². The predicted molar refractivity (Wildman–Crippen MR) is 73.0 cm³/mol. The van der Waals surface area contributed by atoms with E-state index >= 15 is 0 Å². The molecule has 108 valence electrons. The van der Waals surface area contributed by atoms with Gasteiger partial charge in [0.2, 0.25) is 5.91 Å². The topological polar surface area (TPSA) is 75.6 Å². The molecule has 2 rings (SSSR count). The van der Waals surface area contributed by atoms with Crippen molar-refractivity contribution in [1.82, 2.24) is 5.32 Å². The fraction of sp³-hybridized carbons (Fsp3) is 0.467. The maximum atomic E-state index is 11.6. The van der Waals surface area contributed by atoms with Gasteiger partial charge in [-0.1, -0.05) is 30.3 Å². The fourth-order valence-corrected chi connectivity index (χ4v) is 1.99. The monoisotopic (exact) mass is 277 g/mol. The number of carboxylic acid groups (broad SMARTS) is 1. The molecular weight excluding hydrogens is 258 g/mol. The van der Waals surface area contributed by atoms with Crippen LogP contribution in [0, 0.1) is 5.92 Å². The molecule has 1 unspecified atom stereocenters. The highest BCUT2D eigenvalue weighted by Crippen LogP contribution is 2.32. The van der Waals surface area contributed by atoms with E-state index in [1.165, 1.54) is 0 Å². The molecule has 1 atom stereocenters. The molecule has 0 bridgehead atoms. The third-order valence-corrected chi connectivity index (χ3v) is 3.26. The van der Waals surface area contributed by atoms with Crippen LogP contribution in [-0.4, -0.2) is 29.6 Å². The van der Waals surface area contributed by atoms with E-state index < -0.39 is 12.0 Å². The number of hydrogen-bond donors (Lipinski definition) is 2. The van der Waals surface area contributed by atoms with E-state index in [9.17, 15) is 9.59 Å². The molecule has 0 aliphatic heterocycles. The molecule has 0 heterocycles. The number of rotatable bonds is 8. The molecule has 0 saturated heterocycles. The van der Waals surface area contributed by atoms with Gasteiger partial charge in [0.15, 0.2) is 0 Å². The van der Waals surface area contributed by atoms with Crippen molar-refractivity contribution >= 4 is 11.9 Å². The maximum absolute atomic E-state index is 11.6. The summed E-state index contributed by atoms with van der Waals surface area (Å²) < 4.78 is 5.40. The fourth-order valence-electron chi connectivity index (χ4n) is 1.99. The van der Waals surface area contributed by atoms with Crippen molar-refractivity contribution < 1.29 is 19.4 Å². The lowest BCUT2D eigenvalue weighted by Crippen LogP contribution is -2.42. The highest BCUT2D eigenvalue weighted by Gasteiger charge is 2.37. The van der Waals surface area contributed by atoms with E-state index in [0.717, 1.165) is 18.4 Å². The van der Waals surface area contributed by atoms with Crippen molar-refractivity contribution in [2.45, 2.75) is 31.9 Å². The molecule has 1 fully saturated rings. The van der Waals surface area contributed by atoms with Crippen LogP contribution in [-0.2, 0) is 20.9 Å². The first-order chi connectivity index (χ1) is 9.66. The van der Waals surface area contributed by atoms with E-state index in [-0.39, 0.29) is 24.9 Å². The summed E-state index contributed by atoms with van der Waals surface area (Å²) in [4.78, 5) is 22.6. The molecule has 0 radical (unpaired) electrons. The van der Waals surface area contributed by atoms with Crippen LogP contribution in [0.5, 0.6) is 0 Å². The minimum Gasteiger partial charge on any atom is -0.480 e. The molecular formula is C15H19NO4. The molecule has 0 spiro atoms. The Balaban J connectivity index is 1.63. The van der Waals surface area contributed by atoms with E-state index in [2.05, 4.69) is 5.32 Å². The molecule has 1 amide bonds. The Bertz CT molecular complexity index is 456. The predicted octanol–water partition coefficient (Wildman–Crippen LogP) is 1.57. The number of hydrogen-bond acceptors (Lipinski definition) is 3. The summed E-state index contributed by atoms with van der Waals surface area (Å²) in [7, 11) is 0. The zero-order chi connectivity index (χ0) is 14.4. The smallest absolute Gasteiger partial charge is 0.326 e. The number of nitrogens with one attached hydrogen (secondary N) is 1. The molecule has 20 heavy (non-hydrogen) atoms. The van der Waals surface area contributed by atoms with Gasteiger partial charge in [0, 0.05) is 6.42 Å². The lowest BCUT2D eigenvalue weighted by Gasteiger charge is -2.13. The van der Waals surface area contributed by atoms with Gasteiger partial charge in [-0.2, -0.15) is 0 Å². The van der Waals surface area contributed by atoms with E-state index in [1.807, 2.05) is 30.3 Å². The zero-order valence-electron chi connectivity index (χ0n) is 11.2.